The van der Waals surface area contributed by atoms with Crippen LogP contribution in [0, 0.1) is 10.1 Å². The summed E-state index contributed by atoms with van der Waals surface area (Å²) in [6.07, 6.45) is 0. The van der Waals surface area contributed by atoms with E-state index in [1.54, 1.807) is 30.1 Å². The Kier molecular flexibility index (Phi) is 3.63. The molecule has 0 spiro atoms. The minimum atomic E-state index is -0.441. The molecule has 0 saturated carbocycles. The number of nitrogens with two attached hydrogens (primary N) is 1. The molecule has 2 rings (SSSR count). The topological polar surface area (TPSA) is 84.4 Å². The number of para-hydroxylation sites is 2. The molecule has 0 radical (unpaired) electrons. The van der Waals surface area contributed by atoms with E-state index >= 15 is 0 Å². The van der Waals surface area contributed by atoms with Crippen molar-refractivity contribution in [1.29, 1.82) is 0 Å². The minimum Gasteiger partial charge on any atom is -0.339 e. The highest BCUT2D eigenvalue weighted by molar-refractivity contribution is 5.80. The summed E-state index contributed by atoms with van der Waals surface area (Å²) in [7, 11) is 1.78. The Hall–Kier alpha value is -2.60. The van der Waals surface area contributed by atoms with E-state index in [0.29, 0.717) is 5.69 Å². The molecule has 0 amide bonds. The molecule has 98 valence electrons. The summed E-state index contributed by atoms with van der Waals surface area (Å²) >= 11 is 0. The summed E-state index contributed by atoms with van der Waals surface area (Å²) in [5.74, 6) is 5.32. The van der Waals surface area contributed by atoms with E-state index < -0.39 is 4.92 Å². The highest BCUT2D eigenvalue weighted by Gasteiger charge is 2.22. The molecule has 3 N–H and O–H groups in total. The zero-order valence-electron chi connectivity index (χ0n) is 10.4. The molecule has 0 aliphatic carbocycles. The van der Waals surface area contributed by atoms with Crippen molar-refractivity contribution < 1.29 is 4.92 Å². The lowest BCUT2D eigenvalue weighted by Crippen LogP contribution is -2.14. The number of benzene rings is 2. The predicted octanol–water partition coefficient (Wildman–Crippen LogP) is 2.65. The maximum atomic E-state index is 11.2. The van der Waals surface area contributed by atoms with Crippen molar-refractivity contribution in [2.75, 3.05) is 17.4 Å². The molecule has 0 aliphatic rings. The lowest BCUT2D eigenvalue weighted by atomic mass is 10.2. The van der Waals surface area contributed by atoms with E-state index in [2.05, 4.69) is 5.43 Å². The number of nitrogens with one attached hydrogen (secondary N) is 1. The number of nitro benzene ring substituents is 1. The van der Waals surface area contributed by atoms with Gasteiger partial charge in [-0.3, -0.25) is 16.0 Å². The first-order chi connectivity index (χ1) is 9.15. The van der Waals surface area contributed by atoms with Crippen molar-refractivity contribution >= 4 is 22.7 Å². The summed E-state index contributed by atoms with van der Waals surface area (Å²) in [6, 6.07) is 14.4. The Morgan fingerprint density at radius 1 is 1.16 bits per heavy atom. The Morgan fingerprint density at radius 2 is 1.84 bits per heavy atom. The van der Waals surface area contributed by atoms with E-state index in [0.717, 1.165) is 5.69 Å². The van der Waals surface area contributed by atoms with Gasteiger partial charge in [-0.05, 0) is 24.3 Å². The Bertz CT molecular complexity index is 586. The number of hydrogen-bond donors (Lipinski definition) is 2. The van der Waals surface area contributed by atoms with Gasteiger partial charge in [0, 0.05) is 12.7 Å². The van der Waals surface area contributed by atoms with Crippen LogP contribution in [0.3, 0.4) is 0 Å². The zero-order chi connectivity index (χ0) is 13.8. The third-order valence-corrected chi connectivity index (χ3v) is 2.86. The van der Waals surface area contributed by atoms with Crippen molar-refractivity contribution in [3.8, 4) is 0 Å². The number of nitro groups is 1. The normalized spacial score (nSPS) is 10.0. The van der Waals surface area contributed by atoms with Crippen molar-refractivity contribution in [1.82, 2.24) is 0 Å². The molecule has 6 nitrogen and oxygen atoms in total. The highest BCUT2D eigenvalue weighted by Crippen LogP contribution is 2.37. The lowest BCUT2D eigenvalue weighted by molar-refractivity contribution is -0.383. The van der Waals surface area contributed by atoms with Gasteiger partial charge in [-0.1, -0.05) is 24.3 Å². The van der Waals surface area contributed by atoms with Crippen molar-refractivity contribution in [2.24, 2.45) is 5.84 Å². The third kappa shape index (κ3) is 2.48. The second kappa shape index (κ2) is 5.36. The maximum Gasteiger partial charge on any atom is 0.317 e. The Balaban J connectivity index is 2.53. The Labute approximate surface area is 110 Å². The average molecular weight is 258 g/mol. The fraction of sp³-hybridized carbons (Fsp3) is 0.0769. The second-order valence-electron chi connectivity index (χ2n) is 3.97. The quantitative estimate of drug-likeness (QED) is 0.500. The number of hydrogen-bond acceptors (Lipinski definition) is 5. The van der Waals surface area contributed by atoms with Gasteiger partial charge in [-0.25, -0.2) is 0 Å². The smallest absolute Gasteiger partial charge is 0.317 e. The van der Waals surface area contributed by atoms with Crippen LogP contribution in [-0.4, -0.2) is 12.0 Å². The van der Waals surface area contributed by atoms with Gasteiger partial charge in [-0.2, -0.15) is 0 Å². The SMILES string of the molecule is CN(c1ccccc1)c1cccc(NN)c1[N+](=O)[O-]. The molecule has 0 heterocycles. The molecule has 0 saturated heterocycles. The van der Waals surface area contributed by atoms with Gasteiger partial charge in [-0.15, -0.1) is 0 Å². The standard InChI is InChI=1S/C13H14N4O2/c1-16(10-6-3-2-4-7-10)12-9-5-8-11(15-14)13(12)17(18)19/h2-9,15H,14H2,1H3. The number of nitrogen functional groups attached to an aromatic ring is 1. The summed E-state index contributed by atoms with van der Waals surface area (Å²) in [4.78, 5) is 12.5. The molecule has 19 heavy (non-hydrogen) atoms. The largest absolute Gasteiger partial charge is 0.339 e. The van der Waals surface area contributed by atoms with E-state index in [1.807, 2.05) is 30.3 Å². The molecule has 0 aliphatic heterocycles. The van der Waals surface area contributed by atoms with Crippen LogP contribution in [0.4, 0.5) is 22.7 Å². The molecule has 2 aromatic rings. The highest BCUT2D eigenvalue weighted by atomic mass is 16.6. The van der Waals surface area contributed by atoms with Crippen molar-refractivity contribution in [2.45, 2.75) is 0 Å². The van der Waals surface area contributed by atoms with Crippen LogP contribution in [0.1, 0.15) is 0 Å². The number of hydrazine groups is 1. The molecule has 2 aromatic carbocycles. The summed E-state index contributed by atoms with van der Waals surface area (Å²) in [5, 5.41) is 11.2. The lowest BCUT2D eigenvalue weighted by Gasteiger charge is -2.20. The fourth-order valence-corrected chi connectivity index (χ4v) is 1.90. The van der Waals surface area contributed by atoms with Crippen molar-refractivity contribution in [3.63, 3.8) is 0 Å². The van der Waals surface area contributed by atoms with Gasteiger partial charge in [0.15, 0.2) is 0 Å². The molecule has 0 unspecified atom stereocenters. The van der Waals surface area contributed by atoms with Gasteiger partial charge >= 0.3 is 5.69 Å². The van der Waals surface area contributed by atoms with Crippen LogP contribution in [0.5, 0.6) is 0 Å². The Morgan fingerprint density at radius 3 is 2.42 bits per heavy atom. The van der Waals surface area contributed by atoms with Crippen molar-refractivity contribution in [3.05, 3.63) is 58.6 Å². The number of nitrogens with zero attached hydrogens (tertiary/aromatic N) is 2. The number of anilines is 3. The molecular weight excluding hydrogens is 244 g/mol. The van der Waals surface area contributed by atoms with Crippen LogP contribution < -0.4 is 16.2 Å². The summed E-state index contributed by atoms with van der Waals surface area (Å²) in [5.41, 5.74) is 3.93. The van der Waals surface area contributed by atoms with Gasteiger partial charge in [0.25, 0.3) is 0 Å². The van der Waals surface area contributed by atoms with Gasteiger partial charge in [0.2, 0.25) is 0 Å². The average Bonchev–Trinajstić information content (AvgIpc) is 2.46. The third-order valence-electron chi connectivity index (χ3n) is 2.86. The summed E-state index contributed by atoms with van der Waals surface area (Å²) in [6.45, 7) is 0. The molecule has 0 bridgehead atoms. The van der Waals surface area contributed by atoms with E-state index in [1.165, 1.54) is 0 Å². The first-order valence-electron chi connectivity index (χ1n) is 5.68. The molecule has 0 atom stereocenters. The monoisotopic (exact) mass is 258 g/mol. The second-order valence-corrected chi connectivity index (χ2v) is 3.97. The van der Waals surface area contributed by atoms with E-state index in [9.17, 15) is 10.1 Å². The first kappa shape index (κ1) is 12.8. The molecule has 6 heteroatoms. The fourth-order valence-electron chi connectivity index (χ4n) is 1.90. The van der Waals surface area contributed by atoms with Gasteiger partial charge < -0.3 is 10.3 Å². The number of rotatable bonds is 4. The molecule has 0 fully saturated rings. The maximum absolute atomic E-state index is 11.2. The minimum absolute atomic E-state index is 0.0450. The van der Waals surface area contributed by atoms with Gasteiger partial charge in [0.05, 0.1) is 4.92 Å². The predicted molar refractivity (Wildman–Crippen MR) is 75.4 cm³/mol. The van der Waals surface area contributed by atoms with Crippen LogP contribution in [-0.2, 0) is 0 Å². The van der Waals surface area contributed by atoms with Crippen LogP contribution >= 0.6 is 0 Å². The van der Waals surface area contributed by atoms with Crippen LogP contribution in [0.2, 0.25) is 0 Å². The van der Waals surface area contributed by atoms with Crippen LogP contribution in [0.15, 0.2) is 48.5 Å². The van der Waals surface area contributed by atoms with Crippen LogP contribution in [0.25, 0.3) is 0 Å². The zero-order valence-corrected chi connectivity index (χ0v) is 10.4. The molecular formula is C13H14N4O2. The van der Waals surface area contributed by atoms with Gasteiger partial charge in [0.1, 0.15) is 11.4 Å². The first-order valence-corrected chi connectivity index (χ1v) is 5.68. The van der Waals surface area contributed by atoms with E-state index in [4.69, 9.17) is 5.84 Å². The molecule has 0 aromatic heterocycles. The summed E-state index contributed by atoms with van der Waals surface area (Å²) < 4.78 is 0. The van der Waals surface area contributed by atoms with E-state index in [-0.39, 0.29) is 11.4 Å².